The second kappa shape index (κ2) is 6.48. The van der Waals surface area contributed by atoms with Gasteiger partial charge in [0.2, 0.25) is 20.0 Å². The Morgan fingerprint density at radius 2 is 1.52 bits per heavy atom. The molecule has 7 nitrogen and oxygen atoms in total. The molecule has 1 saturated heterocycles. The van der Waals surface area contributed by atoms with Crippen molar-refractivity contribution in [2.24, 2.45) is 0 Å². The third-order valence-electron chi connectivity index (χ3n) is 3.94. The molecule has 0 amide bonds. The zero-order valence-electron chi connectivity index (χ0n) is 12.7. The SMILES string of the molecule is O=S(=O)(NC1CC1)c1cccc(S(=O)(=O)NC2CCCNC2)c1. The fourth-order valence-electron chi connectivity index (χ4n) is 2.54. The predicted molar refractivity (Wildman–Crippen MR) is 86.0 cm³/mol. The van der Waals surface area contributed by atoms with Crippen molar-refractivity contribution in [2.45, 2.75) is 47.6 Å². The van der Waals surface area contributed by atoms with E-state index in [9.17, 15) is 16.8 Å². The van der Waals surface area contributed by atoms with Crippen LogP contribution in [0.15, 0.2) is 34.1 Å². The van der Waals surface area contributed by atoms with Crippen LogP contribution in [-0.2, 0) is 20.0 Å². The van der Waals surface area contributed by atoms with E-state index >= 15 is 0 Å². The van der Waals surface area contributed by atoms with Gasteiger partial charge >= 0.3 is 0 Å². The first-order valence-electron chi connectivity index (χ1n) is 7.72. The molecule has 0 radical (unpaired) electrons. The lowest BCUT2D eigenvalue weighted by atomic mass is 10.1. The lowest BCUT2D eigenvalue weighted by molar-refractivity contribution is 0.428. The fraction of sp³-hybridized carbons (Fsp3) is 0.571. The molecule has 1 atom stereocenters. The molecule has 0 spiro atoms. The summed E-state index contributed by atoms with van der Waals surface area (Å²) < 4.78 is 54.5. The topological polar surface area (TPSA) is 104 Å². The molecule has 1 heterocycles. The van der Waals surface area contributed by atoms with Crippen LogP contribution < -0.4 is 14.8 Å². The average Bonchev–Trinajstić information content (AvgIpc) is 3.31. The molecule has 1 aromatic rings. The van der Waals surface area contributed by atoms with E-state index in [1.54, 1.807) is 0 Å². The molecule has 1 saturated carbocycles. The predicted octanol–water partition coefficient (Wildman–Crippen LogP) is 0.158. The zero-order chi connectivity index (χ0) is 16.5. The van der Waals surface area contributed by atoms with Gasteiger partial charge in [-0.15, -0.1) is 0 Å². The first-order valence-corrected chi connectivity index (χ1v) is 10.7. The maximum atomic E-state index is 12.5. The summed E-state index contributed by atoms with van der Waals surface area (Å²) >= 11 is 0. The Labute approximate surface area is 137 Å². The van der Waals surface area contributed by atoms with Crippen molar-refractivity contribution >= 4 is 20.0 Å². The van der Waals surface area contributed by atoms with Crippen molar-refractivity contribution in [3.63, 3.8) is 0 Å². The number of sulfonamides is 2. The molecule has 128 valence electrons. The van der Waals surface area contributed by atoms with Crippen LogP contribution in [0.4, 0.5) is 0 Å². The maximum absolute atomic E-state index is 12.5. The lowest BCUT2D eigenvalue weighted by Crippen LogP contribution is -2.45. The first-order chi connectivity index (χ1) is 10.9. The van der Waals surface area contributed by atoms with Crippen molar-refractivity contribution < 1.29 is 16.8 Å². The Kier molecular flexibility index (Phi) is 4.75. The molecule has 3 N–H and O–H groups in total. The number of nitrogens with one attached hydrogen (secondary N) is 3. The van der Waals surface area contributed by atoms with Crippen LogP contribution in [0, 0.1) is 0 Å². The van der Waals surface area contributed by atoms with Gasteiger partial charge in [0.15, 0.2) is 0 Å². The third kappa shape index (κ3) is 4.30. The minimum absolute atomic E-state index is 0.0194. The molecule has 1 unspecified atom stereocenters. The van der Waals surface area contributed by atoms with Crippen molar-refractivity contribution in [1.82, 2.24) is 14.8 Å². The fourth-order valence-corrected chi connectivity index (χ4v) is 5.28. The number of hydrogen-bond donors (Lipinski definition) is 3. The van der Waals surface area contributed by atoms with Crippen molar-refractivity contribution in [1.29, 1.82) is 0 Å². The van der Waals surface area contributed by atoms with E-state index in [1.165, 1.54) is 24.3 Å². The van der Waals surface area contributed by atoms with Crippen LogP contribution in [0.5, 0.6) is 0 Å². The highest BCUT2D eigenvalue weighted by Gasteiger charge is 2.29. The first kappa shape index (κ1) is 16.8. The Morgan fingerprint density at radius 3 is 2.04 bits per heavy atom. The highest BCUT2D eigenvalue weighted by atomic mass is 32.2. The van der Waals surface area contributed by atoms with Gasteiger partial charge in [0.25, 0.3) is 0 Å². The minimum Gasteiger partial charge on any atom is -0.315 e. The van der Waals surface area contributed by atoms with Crippen LogP contribution >= 0.6 is 0 Å². The molecule has 1 aromatic carbocycles. The van der Waals surface area contributed by atoms with E-state index in [4.69, 9.17) is 0 Å². The Morgan fingerprint density at radius 1 is 0.913 bits per heavy atom. The van der Waals surface area contributed by atoms with Gasteiger partial charge in [0.1, 0.15) is 0 Å². The molecule has 23 heavy (non-hydrogen) atoms. The number of benzene rings is 1. The molecular formula is C14H21N3O4S2. The largest absolute Gasteiger partial charge is 0.315 e. The van der Waals surface area contributed by atoms with E-state index in [0.717, 1.165) is 32.2 Å². The minimum atomic E-state index is -3.74. The lowest BCUT2D eigenvalue weighted by Gasteiger charge is -2.23. The van der Waals surface area contributed by atoms with Gasteiger partial charge in [-0.2, -0.15) is 0 Å². The molecule has 0 bridgehead atoms. The highest BCUT2D eigenvalue weighted by molar-refractivity contribution is 7.90. The van der Waals surface area contributed by atoms with Gasteiger partial charge in [-0.3, -0.25) is 0 Å². The summed E-state index contributed by atoms with van der Waals surface area (Å²) in [7, 11) is -7.41. The monoisotopic (exact) mass is 359 g/mol. The average molecular weight is 359 g/mol. The summed E-state index contributed by atoms with van der Waals surface area (Å²) in [5, 5.41) is 3.14. The summed E-state index contributed by atoms with van der Waals surface area (Å²) in [5.74, 6) is 0. The van der Waals surface area contributed by atoms with Gasteiger partial charge in [-0.25, -0.2) is 26.3 Å². The van der Waals surface area contributed by atoms with Gasteiger partial charge in [-0.1, -0.05) is 6.07 Å². The van der Waals surface area contributed by atoms with Crippen LogP contribution in [0.3, 0.4) is 0 Å². The third-order valence-corrected chi connectivity index (χ3v) is 6.98. The van der Waals surface area contributed by atoms with E-state index in [-0.39, 0.29) is 21.9 Å². The van der Waals surface area contributed by atoms with Crippen LogP contribution in [0.2, 0.25) is 0 Å². The normalized spacial score (nSPS) is 22.9. The summed E-state index contributed by atoms with van der Waals surface area (Å²) in [5.41, 5.74) is 0. The smallest absolute Gasteiger partial charge is 0.240 e. The summed E-state index contributed by atoms with van der Waals surface area (Å²) in [4.78, 5) is -0.0456. The molecule has 2 fully saturated rings. The second-order valence-electron chi connectivity index (χ2n) is 6.03. The zero-order valence-corrected chi connectivity index (χ0v) is 14.3. The van der Waals surface area contributed by atoms with Gasteiger partial charge < -0.3 is 5.32 Å². The number of piperidine rings is 1. The van der Waals surface area contributed by atoms with Crippen LogP contribution in [-0.4, -0.2) is 42.0 Å². The maximum Gasteiger partial charge on any atom is 0.240 e. The number of hydrogen-bond acceptors (Lipinski definition) is 5. The second-order valence-corrected chi connectivity index (χ2v) is 9.46. The molecule has 1 aliphatic carbocycles. The van der Waals surface area contributed by atoms with E-state index in [0.29, 0.717) is 6.54 Å². The Hall–Kier alpha value is -1.00. The summed E-state index contributed by atoms with van der Waals surface area (Å²) in [6, 6.07) is 5.30. The van der Waals surface area contributed by atoms with Crippen LogP contribution in [0.25, 0.3) is 0 Å². The molecule has 3 rings (SSSR count). The van der Waals surface area contributed by atoms with E-state index in [2.05, 4.69) is 14.8 Å². The van der Waals surface area contributed by atoms with Crippen LogP contribution in [0.1, 0.15) is 25.7 Å². The number of rotatable bonds is 6. The molecule has 0 aromatic heterocycles. The quantitative estimate of drug-likeness (QED) is 0.671. The van der Waals surface area contributed by atoms with Gasteiger partial charge in [0, 0.05) is 18.6 Å². The summed E-state index contributed by atoms with van der Waals surface area (Å²) in [6.07, 6.45) is 3.33. The molecule has 1 aliphatic heterocycles. The Bertz CT molecular complexity index is 767. The summed E-state index contributed by atoms with van der Waals surface area (Å²) in [6.45, 7) is 1.47. The van der Waals surface area contributed by atoms with E-state index in [1.807, 2.05) is 0 Å². The van der Waals surface area contributed by atoms with Gasteiger partial charge in [0.05, 0.1) is 9.79 Å². The van der Waals surface area contributed by atoms with Crippen molar-refractivity contribution in [3.05, 3.63) is 24.3 Å². The Balaban J connectivity index is 1.80. The highest BCUT2D eigenvalue weighted by Crippen LogP contribution is 2.23. The van der Waals surface area contributed by atoms with Crippen molar-refractivity contribution in [2.75, 3.05) is 13.1 Å². The molecule has 9 heteroatoms. The molecule has 2 aliphatic rings. The van der Waals surface area contributed by atoms with Crippen molar-refractivity contribution in [3.8, 4) is 0 Å². The standard InChI is InChI=1S/C14H21N3O4S2/c18-22(19,16-11-6-7-11)13-4-1-5-14(9-13)23(20,21)17-12-3-2-8-15-10-12/h1,4-5,9,11-12,15-17H,2-3,6-8,10H2. The van der Waals surface area contributed by atoms with E-state index < -0.39 is 20.0 Å². The molecular weight excluding hydrogens is 338 g/mol. The van der Waals surface area contributed by atoms with Gasteiger partial charge in [-0.05, 0) is 50.4 Å².